The predicted molar refractivity (Wildman–Crippen MR) is 148 cm³/mol. The second-order valence-electron chi connectivity index (χ2n) is 10.5. The lowest BCUT2D eigenvalue weighted by Crippen LogP contribution is -2.76. The third-order valence-corrected chi connectivity index (χ3v) is 9.88. The number of carbonyl (C=O) groups is 3. The fourth-order valence-electron chi connectivity index (χ4n) is 5.03. The Labute approximate surface area is 247 Å². The van der Waals surface area contributed by atoms with E-state index in [2.05, 4.69) is 5.32 Å². The standard InChI is InChI=1S/C24H23Cl2FN4O6S.C3H6/c25-14-3-8-20(17(26)10-14)38(36,37)30-11-18(28-24(34)35)22(32)31-19(9-13-1-4-15(27)5-2-13)23(33)29(12-21(30)31)16-6-7-16;1-2-3-1/h1-5,8,10,16,18-19,21,28H,6-7,9,11-12H2,(H,34,35);1-3H2. The summed E-state index contributed by atoms with van der Waals surface area (Å²) in [6.07, 6.45) is 3.33. The summed E-state index contributed by atoms with van der Waals surface area (Å²) in [5.74, 6) is -1.57. The molecule has 2 N–H and O–H groups in total. The van der Waals surface area contributed by atoms with Crippen LogP contribution in [0.5, 0.6) is 0 Å². The summed E-state index contributed by atoms with van der Waals surface area (Å²) in [6.45, 7) is -0.580. The molecule has 0 spiro atoms. The Balaban J connectivity index is 0.00000106. The Morgan fingerprint density at radius 1 is 1.00 bits per heavy atom. The molecule has 3 atom stereocenters. The summed E-state index contributed by atoms with van der Waals surface area (Å²) in [4.78, 5) is 41.2. The minimum absolute atomic E-state index is 0.0139. The molecule has 3 unspecified atom stereocenters. The van der Waals surface area contributed by atoms with Gasteiger partial charge in [-0.2, -0.15) is 4.31 Å². The van der Waals surface area contributed by atoms with Gasteiger partial charge >= 0.3 is 6.09 Å². The topological polar surface area (TPSA) is 127 Å². The van der Waals surface area contributed by atoms with E-state index in [4.69, 9.17) is 23.2 Å². The van der Waals surface area contributed by atoms with Crippen LogP contribution in [0.2, 0.25) is 10.0 Å². The average Bonchev–Trinajstić information content (AvgIpc) is 3.81. The van der Waals surface area contributed by atoms with Crippen LogP contribution in [-0.2, 0) is 26.0 Å². The number of fused-ring (bicyclic) bond motifs is 1. The van der Waals surface area contributed by atoms with Crippen molar-refractivity contribution in [2.75, 3.05) is 13.1 Å². The smallest absolute Gasteiger partial charge is 0.405 e. The lowest BCUT2D eigenvalue weighted by atomic mass is 9.97. The van der Waals surface area contributed by atoms with E-state index in [1.165, 1.54) is 61.7 Å². The van der Waals surface area contributed by atoms with Crippen molar-refractivity contribution in [1.82, 2.24) is 19.4 Å². The fraction of sp³-hybridized carbons (Fsp3) is 0.444. The van der Waals surface area contributed by atoms with Gasteiger partial charge in [0.25, 0.3) is 0 Å². The summed E-state index contributed by atoms with van der Waals surface area (Å²) in [5, 5.41) is 11.5. The Morgan fingerprint density at radius 2 is 1.66 bits per heavy atom. The van der Waals surface area contributed by atoms with Crippen LogP contribution in [0.4, 0.5) is 9.18 Å². The fourth-order valence-corrected chi connectivity index (χ4v) is 7.36. The van der Waals surface area contributed by atoms with Crippen molar-refractivity contribution in [1.29, 1.82) is 0 Å². The molecule has 4 fully saturated rings. The van der Waals surface area contributed by atoms with E-state index in [0.717, 1.165) is 22.0 Å². The first kappa shape index (κ1) is 29.6. The van der Waals surface area contributed by atoms with Crippen molar-refractivity contribution >= 4 is 51.1 Å². The van der Waals surface area contributed by atoms with E-state index in [-0.39, 0.29) is 39.9 Å². The van der Waals surface area contributed by atoms with Gasteiger partial charge in [0.2, 0.25) is 21.8 Å². The van der Waals surface area contributed by atoms with Gasteiger partial charge < -0.3 is 20.2 Å². The van der Waals surface area contributed by atoms with Crippen molar-refractivity contribution in [2.45, 2.75) is 67.7 Å². The van der Waals surface area contributed by atoms with Crippen LogP contribution in [0, 0.1) is 5.82 Å². The van der Waals surface area contributed by atoms with Gasteiger partial charge in [0, 0.05) is 24.0 Å². The van der Waals surface area contributed by atoms with Gasteiger partial charge in [0.15, 0.2) is 0 Å². The molecule has 2 aromatic rings. The SMILES string of the molecule is C1CC1.O=C(O)NC1CN(S(=O)(=O)c2ccc(Cl)cc2Cl)C2CN(C3CC3)C(=O)C(Cc3ccc(F)cc3)N2C1=O. The van der Waals surface area contributed by atoms with Crippen LogP contribution in [0.1, 0.15) is 37.7 Å². The Bertz CT molecular complexity index is 1450. The number of nitrogens with one attached hydrogen (secondary N) is 1. The van der Waals surface area contributed by atoms with Gasteiger partial charge in [-0.15, -0.1) is 0 Å². The number of rotatable bonds is 6. The van der Waals surface area contributed by atoms with Crippen molar-refractivity contribution in [3.8, 4) is 0 Å². The molecule has 0 radical (unpaired) electrons. The molecule has 6 rings (SSSR count). The van der Waals surface area contributed by atoms with Crippen molar-refractivity contribution in [3.05, 3.63) is 63.9 Å². The van der Waals surface area contributed by atoms with E-state index in [0.29, 0.717) is 5.56 Å². The Kier molecular flexibility index (Phi) is 8.47. The predicted octanol–water partition coefficient (Wildman–Crippen LogP) is 3.71. The van der Waals surface area contributed by atoms with Gasteiger partial charge in [-0.05, 0) is 48.7 Å². The molecule has 10 nitrogen and oxygen atoms in total. The highest BCUT2D eigenvalue weighted by Crippen LogP contribution is 2.38. The van der Waals surface area contributed by atoms with E-state index in [9.17, 15) is 32.3 Å². The molecule has 0 bridgehead atoms. The number of sulfonamides is 1. The molecule has 2 aliphatic heterocycles. The van der Waals surface area contributed by atoms with Crippen LogP contribution in [0.3, 0.4) is 0 Å². The molecular weight excluding hydrogens is 598 g/mol. The van der Waals surface area contributed by atoms with Crippen LogP contribution >= 0.6 is 23.2 Å². The lowest BCUT2D eigenvalue weighted by Gasteiger charge is -2.53. The van der Waals surface area contributed by atoms with Crippen LogP contribution in [0.25, 0.3) is 0 Å². The number of carbonyl (C=O) groups excluding carboxylic acids is 2. The quantitative estimate of drug-likeness (QED) is 0.503. The normalized spacial score (nSPS) is 24.3. The average molecular weight is 628 g/mol. The molecule has 14 heteroatoms. The highest BCUT2D eigenvalue weighted by Gasteiger charge is 2.55. The molecule has 2 heterocycles. The molecule has 220 valence electrons. The molecule has 41 heavy (non-hydrogen) atoms. The molecule has 2 aliphatic carbocycles. The second kappa shape index (κ2) is 11.7. The zero-order valence-electron chi connectivity index (χ0n) is 21.9. The highest BCUT2D eigenvalue weighted by atomic mass is 35.5. The third-order valence-electron chi connectivity index (χ3n) is 7.29. The zero-order valence-corrected chi connectivity index (χ0v) is 24.2. The first-order valence-corrected chi connectivity index (χ1v) is 15.5. The van der Waals surface area contributed by atoms with Gasteiger partial charge in [-0.1, -0.05) is 54.6 Å². The number of hydrogen-bond acceptors (Lipinski definition) is 5. The van der Waals surface area contributed by atoms with Gasteiger partial charge in [0.1, 0.15) is 29.0 Å². The second-order valence-corrected chi connectivity index (χ2v) is 13.2. The number of hydrogen-bond donors (Lipinski definition) is 2. The van der Waals surface area contributed by atoms with Crippen LogP contribution in [0.15, 0.2) is 47.4 Å². The molecule has 3 amide bonds. The van der Waals surface area contributed by atoms with Gasteiger partial charge in [0.05, 0.1) is 11.6 Å². The summed E-state index contributed by atoms with van der Waals surface area (Å²) >= 11 is 12.2. The minimum atomic E-state index is -4.39. The van der Waals surface area contributed by atoms with E-state index >= 15 is 0 Å². The first-order chi connectivity index (χ1) is 19.5. The highest BCUT2D eigenvalue weighted by molar-refractivity contribution is 7.89. The molecule has 0 aromatic heterocycles. The van der Waals surface area contributed by atoms with Gasteiger partial charge in [-0.3, -0.25) is 9.59 Å². The first-order valence-electron chi connectivity index (χ1n) is 13.3. The molecule has 2 aromatic carbocycles. The molecular formula is C27H29Cl2FN4O6S. The number of nitrogens with zero attached hydrogens (tertiary/aromatic N) is 3. The van der Waals surface area contributed by atoms with E-state index < -0.39 is 52.6 Å². The zero-order chi connectivity index (χ0) is 29.5. The third kappa shape index (κ3) is 6.45. The van der Waals surface area contributed by atoms with Crippen LogP contribution < -0.4 is 5.32 Å². The number of piperazine rings is 1. The molecule has 4 aliphatic rings. The summed E-state index contributed by atoms with van der Waals surface area (Å²) in [5.41, 5.74) is 0.553. The van der Waals surface area contributed by atoms with Crippen molar-refractivity contribution in [2.24, 2.45) is 0 Å². The monoisotopic (exact) mass is 626 g/mol. The number of halogens is 3. The van der Waals surface area contributed by atoms with Crippen LogP contribution in [-0.4, -0.2) is 82.9 Å². The number of carboxylic acid groups (broad SMARTS) is 1. The summed E-state index contributed by atoms with van der Waals surface area (Å²) < 4.78 is 42.4. The van der Waals surface area contributed by atoms with Crippen molar-refractivity contribution < 1.29 is 32.3 Å². The largest absolute Gasteiger partial charge is 0.465 e. The van der Waals surface area contributed by atoms with Crippen molar-refractivity contribution in [3.63, 3.8) is 0 Å². The maximum Gasteiger partial charge on any atom is 0.405 e. The summed E-state index contributed by atoms with van der Waals surface area (Å²) in [6, 6.07) is 6.60. The maximum absolute atomic E-state index is 13.9. The Morgan fingerprint density at radius 3 is 2.22 bits per heavy atom. The molecule has 2 saturated carbocycles. The Hall–Kier alpha value is -2.93. The maximum atomic E-state index is 13.9. The minimum Gasteiger partial charge on any atom is -0.465 e. The summed E-state index contributed by atoms with van der Waals surface area (Å²) in [7, 11) is -4.39. The van der Waals surface area contributed by atoms with Gasteiger partial charge in [-0.25, -0.2) is 17.6 Å². The number of benzene rings is 2. The van der Waals surface area contributed by atoms with E-state index in [1.807, 2.05) is 0 Å². The van der Waals surface area contributed by atoms with E-state index in [1.54, 1.807) is 4.90 Å². The molecule has 2 saturated heterocycles. The number of amides is 3. The lowest BCUT2D eigenvalue weighted by molar-refractivity contribution is -0.167.